The van der Waals surface area contributed by atoms with E-state index in [1.165, 1.54) is 0 Å². The van der Waals surface area contributed by atoms with Crippen LogP contribution in [0, 0.1) is 234 Å². The lowest BCUT2D eigenvalue weighted by Crippen LogP contribution is -2.13. The molecule has 118 heavy (non-hydrogen) atoms. The molecule has 0 fully saturated rings. The van der Waals surface area contributed by atoms with Gasteiger partial charge in [-0.1, -0.05) is 0 Å². The Morgan fingerprint density at radius 1 is 0.110 bits per heavy atom. The number of rotatable bonds is 12. The smallest absolute Gasteiger partial charge is 0.203 e. The fourth-order valence-corrected chi connectivity index (χ4v) is 12.5. The van der Waals surface area contributed by atoms with Gasteiger partial charge in [-0.15, -0.1) is 0 Å². The summed E-state index contributed by atoms with van der Waals surface area (Å²) in [6.45, 7) is 0. The van der Waals surface area contributed by atoms with Crippen LogP contribution >= 0.6 is 0 Å². The summed E-state index contributed by atoms with van der Waals surface area (Å²) in [5, 5.41) is 0. The van der Waals surface area contributed by atoms with E-state index in [1.807, 2.05) is 0 Å². The van der Waals surface area contributed by atoms with E-state index in [0.717, 1.165) is 0 Å². The number of hydrogen-bond donors (Lipinski definition) is 0. The largest absolute Gasteiger partial charge is 0.223 e. The number of halogens is 40. The van der Waals surface area contributed by atoms with Crippen molar-refractivity contribution in [2.75, 3.05) is 0 Å². The molecule has 44 heteroatoms. The zero-order valence-electron chi connectivity index (χ0n) is 54.7. The third kappa shape index (κ3) is 12.3. The summed E-state index contributed by atoms with van der Waals surface area (Å²) in [4.78, 5) is 9.77. The van der Waals surface area contributed by atoms with Crippen LogP contribution in [0.3, 0.4) is 0 Å². The van der Waals surface area contributed by atoms with Gasteiger partial charge in [0.1, 0.15) is 0 Å². The van der Waals surface area contributed by atoms with Gasteiger partial charge in [0.2, 0.25) is 47.6 Å². The van der Waals surface area contributed by atoms with Crippen LogP contribution in [0.4, 0.5) is 176 Å². The standard InChI is InChI=1S/C74H10F40N4/c75-19-5-1-11(71(111)115-19)23-39(79)55(95)31(56(96)40(23)80)35-63(103)47(87)27(48(88)64(35)104)15-9-17(29-51(91)67(107)37(68(108)52(29)92)33-59(99)43(83)25(44(84)60(33)100)13-3-7-21(77)117-73(13)113)18(30-53(93)69(109)38(70(110)54(30)94)34-61(101)45(85)26(46(86)62(34)102)14-4-8-22(78)118-74(14)114)10-16(15)28-49(89)65(105)36(66(106)50(28)90)32-57(97)41(81)24(42(82)58(32)98)12-2-6-20(76)116-72(12)112/h1-10H. The van der Waals surface area contributed by atoms with Crippen LogP contribution in [-0.4, -0.2) is 19.9 Å². The van der Waals surface area contributed by atoms with Crippen LogP contribution in [0.2, 0.25) is 0 Å². The second-order valence-electron chi connectivity index (χ2n) is 23.9. The lowest BCUT2D eigenvalue weighted by atomic mass is 9.82. The Bertz CT molecular complexity index is 5680. The summed E-state index contributed by atoms with van der Waals surface area (Å²) in [6, 6.07) is -2.62. The summed E-state index contributed by atoms with van der Waals surface area (Å²) in [5.74, 6) is -129. The van der Waals surface area contributed by atoms with Gasteiger partial charge in [0.05, 0.1) is 89.0 Å². The van der Waals surface area contributed by atoms with Gasteiger partial charge < -0.3 is 0 Å². The second-order valence-corrected chi connectivity index (χ2v) is 23.9. The van der Waals surface area contributed by atoms with Crippen molar-refractivity contribution in [1.29, 1.82) is 0 Å². The Morgan fingerprint density at radius 2 is 0.203 bits per heavy atom. The summed E-state index contributed by atoms with van der Waals surface area (Å²) in [7, 11) is 0. The molecule has 606 valence electrons. The predicted molar refractivity (Wildman–Crippen MR) is 321 cm³/mol. The molecule has 4 aromatic heterocycles. The van der Waals surface area contributed by atoms with Crippen LogP contribution in [0.1, 0.15) is 0 Å². The molecule has 0 saturated carbocycles. The first-order chi connectivity index (χ1) is 55.3. The highest BCUT2D eigenvalue weighted by atomic mass is 19.2. The molecule has 0 aliphatic heterocycles. The zero-order chi connectivity index (χ0) is 86.8. The number of pyridine rings is 4. The van der Waals surface area contributed by atoms with Gasteiger partial charge in [-0.05, 0) is 82.9 Å². The Morgan fingerprint density at radius 3 is 0.305 bits per heavy atom. The molecule has 0 unspecified atom stereocenters. The third-order valence-corrected chi connectivity index (χ3v) is 17.7. The maximum atomic E-state index is 17.5. The van der Waals surface area contributed by atoms with Crippen molar-refractivity contribution in [2.45, 2.75) is 0 Å². The Labute approximate surface area is 622 Å². The van der Waals surface area contributed by atoms with Crippen molar-refractivity contribution in [1.82, 2.24) is 19.9 Å². The maximum Gasteiger partial charge on any atom is 0.223 e. The molecule has 0 aliphatic rings. The molecule has 13 rings (SSSR count). The van der Waals surface area contributed by atoms with Gasteiger partial charge >= 0.3 is 0 Å². The van der Waals surface area contributed by atoms with E-state index < -0.39 is 379 Å². The number of hydrogen-bond acceptors (Lipinski definition) is 4. The van der Waals surface area contributed by atoms with E-state index in [1.54, 1.807) is 0 Å². The first-order valence-corrected chi connectivity index (χ1v) is 30.6. The van der Waals surface area contributed by atoms with Crippen LogP contribution < -0.4 is 0 Å². The molecule has 13 aromatic rings. The molecule has 0 amide bonds. The molecule has 0 spiro atoms. The molecular formula is C74H10F40N4. The molecule has 4 nitrogen and oxygen atoms in total. The van der Waals surface area contributed by atoms with Gasteiger partial charge in [0.25, 0.3) is 0 Å². The van der Waals surface area contributed by atoms with E-state index in [-0.39, 0.29) is 48.5 Å². The molecule has 9 aromatic carbocycles. The summed E-state index contributed by atoms with van der Waals surface area (Å²) >= 11 is 0. The van der Waals surface area contributed by atoms with Crippen LogP contribution in [0.15, 0.2) is 60.7 Å². The van der Waals surface area contributed by atoms with Gasteiger partial charge in [0.15, 0.2) is 186 Å². The SMILES string of the molecule is Fc1ccc(-c2c(F)c(F)c(-c3c(F)c(F)c(-c4cc(-c5c(F)c(F)c(-c6c(F)c(F)c(-c7ccc(F)nc7F)c(F)c6F)c(F)c5F)c(-c5c(F)c(F)c(-c6c(F)c(F)c(-c7ccc(F)nc7F)c(F)c6F)c(F)c5F)cc4-c4c(F)c(F)c(-c5c(F)c(F)c(-c6ccc(F)nc6F)c(F)c5F)c(F)c4F)c(F)c3F)c(F)c2F)c(F)n1. The summed E-state index contributed by atoms with van der Waals surface area (Å²) in [6.07, 6.45) is 0. The van der Waals surface area contributed by atoms with Crippen molar-refractivity contribution in [2.24, 2.45) is 0 Å². The lowest BCUT2D eigenvalue weighted by Gasteiger charge is -2.23. The van der Waals surface area contributed by atoms with Crippen molar-refractivity contribution in [3.63, 3.8) is 0 Å². The highest BCUT2D eigenvalue weighted by Gasteiger charge is 2.45. The zero-order valence-corrected chi connectivity index (χ0v) is 54.7. The second kappa shape index (κ2) is 29.5. The topological polar surface area (TPSA) is 51.6 Å². The number of nitrogens with zero attached hydrogens (tertiary/aromatic N) is 4. The normalized spacial score (nSPS) is 11.7. The quantitative estimate of drug-likeness (QED) is 0.0695. The average Bonchev–Trinajstić information content (AvgIpc) is 0.713. The van der Waals surface area contributed by atoms with Crippen LogP contribution in [0.25, 0.3) is 134 Å². The van der Waals surface area contributed by atoms with Crippen molar-refractivity contribution in [3.8, 4) is 134 Å². The first-order valence-electron chi connectivity index (χ1n) is 30.6. The van der Waals surface area contributed by atoms with Crippen molar-refractivity contribution >= 4 is 0 Å². The van der Waals surface area contributed by atoms with Gasteiger partial charge in [0, 0.05) is 22.3 Å². The highest BCUT2D eigenvalue weighted by molar-refractivity contribution is 5.98. The maximum absolute atomic E-state index is 17.5. The molecule has 4 heterocycles. The fraction of sp³-hybridized carbons (Fsp3) is 0. The predicted octanol–water partition coefficient (Wildman–Crippen LogP) is 24.8. The molecule has 0 radical (unpaired) electrons. The summed E-state index contributed by atoms with van der Waals surface area (Å²) in [5.41, 5.74) is -67.7. The van der Waals surface area contributed by atoms with E-state index in [2.05, 4.69) is 19.9 Å². The summed E-state index contributed by atoms with van der Waals surface area (Å²) < 4.78 is 648. The number of benzene rings is 9. The monoisotopic (exact) mass is 1710 g/mol. The Kier molecular flexibility index (Phi) is 20.7. The minimum atomic E-state index is -3.79. The van der Waals surface area contributed by atoms with Crippen molar-refractivity contribution in [3.05, 3.63) is 294 Å². The highest BCUT2D eigenvalue weighted by Crippen LogP contribution is 2.55. The minimum absolute atomic E-state index is 0.0188. The molecule has 0 aliphatic carbocycles. The van der Waals surface area contributed by atoms with Gasteiger partial charge in [-0.2, -0.15) is 55.1 Å². The molecular weight excluding hydrogens is 1700 g/mol. The van der Waals surface area contributed by atoms with E-state index in [0.29, 0.717) is 0 Å². The molecule has 0 atom stereocenters. The van der Waals surface area contributed by atoms with E-state index in [9.17, 15) is 35.1 Å². The van der Waals surface area contributed by atoms with Crippen molar-refractivity contribution < 1.29 is 176 Å². The lowest BCUT2D eigenvalue weighted by molar-refractivity contribution is 0.443. The first kappa shape index (κ1) is 82.8. The fourth-order valence-electron chi connectivity index (χ4n) is 12.5. The molecule has 0 bridgehead atoms. The van der Waals surface area contributed by atoms with Gasteiger partial charge in [-0.25, -0.2) is 140 Å². The Hall–Kier alpha value is -13.2. The van der Waals surface area contributed by atoms with Gasteiger partial charge in [-0.3, -0.25) is 0 Å². The molecule has 0 N–H and O–H groups in total. The van der Waals surface area contributed by atoms with E-state index in [4.69, 9.17) is 0 Å². The molecule has 0 saturated heterocycles. The van der Waals surface area contributed by atoms with Crippen LogP contribution in [-0.2, 0) is 0 Å². The minimum Gasteiger partial charge on any atom is -0.203 e. The van der Waals surface area contributed by atoms with E-state index >= 15 is 140 Å². The number of aromatic nitrogens is 4. The van der Waals surface area contributed by atoms with Crippen LogP contribution in [0.5, 0.6) is 0 Å². The average molecular weight is 1710 g/mol. The third-order valence-electron chi connectivity index (χ3n) is 17.7. The Balaban J connectivity index is 1.19.